The van der Waals surface area contributed by atoms with Crippen LogP contribution in [0, 0.1) is 5.82 Å². The van der Waals surface area contributed by atoms with Crippen molar-refractivity contribution in [2.75, 3.05) is 10.7 Å². The van der Waals surface area contributed by atoms with Crippen LogP contribution in [0.2, 0.25) is 5.02 Å². The van der Waals surface area contributed by atoms with E-state index in [0.29, 0.717) is 4.47 Å². The third kappa shape index (κ3) is 3.24. The fourth-order valence-electron chi connectivity index (χ4n) is 1.51. The van der Waals surface area contributed by atoms with Gasteiger partial charge >= 0.3 is 0 Å². The molecule has 1 amide bonds. The van der Waals surface area contributed by atoms with E-state index in [1.807, 2.05) is 0 Å². The molecule has 0 aliphatic carbocycles. The highest BCUT2D eigenvalue weighted by Crippen LogP contribution is 2.22. The van der Waals surface area contributed by atoms with Gasteiger partial charge < -0.3 is 10.7 Å². The van der Waals surface area contributed by atoms with Crippen molar-refractivity contribution in [2.24, 2.45) is 5.84 Å². The molecule has 0 aliphatic rings. The van der Waals surface area contributed by atoms with Gasteiger partial charge in [0.1, 0.15) is 5.82 Å². The standard InChI is InChI=1S/C12H9BrClFN4O/c13-6-3-8(11(19-16)17-5-6)12(20)18-10-2-1-7(14)4-9(10)15/h1-5H,16H2,(H,17,19)(H,18,20). The Labute approximate surface area is 127 Å². The number of benzene rings is 1. The molecular formula is C12H9BrClFN4O. The number of hydrogen-bond acceptors (Lipinski definition) is 4. The summed E-state index contributed by atoms with van der Waals surface area (Å²) in [5, 5.41) is 2.67. The Hall–Kier alpha value is -1.70. The van der Waals surface area contributed by atoms with Gasteiger partial charge in [0.05, 0.1) is 11.3 Å². The number of halogens is 3. The summed E-state index contributed by atoms with van der Waals surface area (Å²) in [5.74, 6) is 4.29. The second-order valence-corrected chi connectivity index (χ2v) is 5.12. The fraction of sp³-hybridized carbons (Fsp3) is 0. The number of pyridine rings is 1. The van der Waals surface area contributed by atoms with Gasteiger partial charge in [0, 0.05) is 15.7 Å². The first-order valence-corrected chi connectivity index (χ1v) is 6.57. The average Bonchev–Trinajstić information content (AvgIpc) is 2.41. The van der Waals surface area contributed by atoms with Crippen molar-refractivity contribution >= 4 is 44.9 Å². The van der Waals surface area contributed by atoms with Gasteiger partial charge in [-0.05, 0) is 40.2 Å². The van der Waals surface area contributed by atoms with E-state index in [1.54, 1.807) is 0 Å². The first-order chi connectivity index (χ1) is 9.51. The number of carbonyl (C=O) groups is 1. The molecule has 0 saturated heterocycles. The van der Waals surface area contributed by atoms with Crippen LogP contribution in [-0.4, -0.2) is 10.9 Å². The van der Waals surface area contributed by atoms with Gasteiger partial charge in [-0.25, -0.2) is 15.2 Å². The lowest BCUT2D eigenvalue weighted by atomic mass is 10.2. The molecule has 8 heteroatoms. The molecule has 0 unspecified atom stereocenters. The number of aromatic nitrogens is 1. The minimum Gasteiger partial charge on any atom is -0.319 e. The Kier molecular flexibility index (Phi) is 4.53. The number of amides is 1. The third-order valence-corrected chi connectivity index (χ3v) is 3.08. The second-order valence-electron chi connectivity index (χ2n) is 3.77. The molecule has 1 heterocycles. The van der Waals surface area contributed by atoms with Crippen LogP contribution in [0.4, 0.5) is 15.9 Å². The molecule has 4 N–H and O–H groups in total. The van der Waals surface area contributed by atoms with E-state index < -0.39 is 11.7 Å². The minimum atomic E-state index is -0.629. The van der Waals surface area contributed by atoms with Crippen LogP contribution < -0.4 is 16.6 Å². The van der Waals surface area contributed by atoms with Crippen molar-refractivity contribution in [2.45, 2.75) is 0 Å². The zero-order valence-corrected chi connectivity index (χ0v) is 12.3. The van der Waals surface area contributed by atoms with Crippen LogP contribution >= 0.6 is 27.5 Å². The van der Waals surface area contributed by atoms with Crippen molar-refractivity contribution in [3.8, 4) is 0 Å². The number of hydrogen-bond donors (Lipinski definition) is 3. The summed E-state index contributed by atoms with van der Waals surface area (Å²) < 4.78 is 14.2. The number of nitrogens with one attached hydrogen (secondary N) is 2. The van der Waals surface area contributed by atoms with E-state index in [2.05, 4.69) is 31.7 Å². The maximum atomic E-state index is 13.6. The van der Waals surface area contributed by atoms with Crippen molar-refractivity contribution in [1.29, 1.82) is 0 Å². The maximum Gasteiger partial charge on any atom is 0.259 e. The normalized spacial score (nSPS) is 10.2. The largest absolute Gasteiger partial charge is 0.319 e. The molecule has 0 atom stereocenters. The maximum absolute atomic E-state index is 13.6. The van der Waals surface area contributed by atoms with Crippen molar-refractivity contribution in [3.63, 3.8) is 0 Å². The van der Waals surface area contributed by atoms with E-state index in [1.165, 1.54) is 24.4 Å². The smallest absolute Gasteiger partial charge is 0.259 e. The topological polar surface area (TPSA) is 80.0 Å². The number of rotatable bonds is 3. The molecule has 1 aromatic carbocycles. The SMILES string of the molecule is NNc1ncc(Br)cc1C(=O)Nc1ccc(Cl)cc1F. The van der Waals surface area contributed by atoms with Crippen LogP contribution in [0.5, 0.6) is 0 Å². The Balaban J connectivity index is 2.30. The average molecular weight is 360 g/mol. The lowest BCUT2D eigenvalue weighted by Gasteiger charge is -2.10. The zero-order valence-electron chi connectivity index (χ0n) is 9.95. The van der Waals surface area contributed by atoms with Crippen LogP contribution in [0.3, 0.4) is 0 Å². The predicted octanol–water partition coefficient (Wildman–Crippen LogP) is 3.17. The van der Waals surface area contributed by atoms with Crippen LogP contribution in [-0.2, 0) is 0 Å². The molecule has 0 saturated carbocycles. The molecular weight excluding hydrogens is 351 g/mol. The number of nitrogen functional groups attached to an aromatic ring is 1. The van der Waals surface area contributed by atoms with Gasteiger partial charge in [0.25, 0.3) is 5.91 Å². The summed E-state index contributed by atoms with van der Waals surface area (Å²) in [5.41, 5.74) is 2.50. The van der Waals surface area contributed by atoms with E-state index in [0.717, 1.165) is 6.07 Å². The lowest BCUT2D eigenvalue weighted by molar-refractivity contribution is 0.102. The molecule has 20 heavy (non-hydrogen) atoms. The summed E-state index contributed by atoms with van der Waals surface area (Å²) in [6.07, 6.45) is 1.48. The van der Waals surface area contributed by atoms with Gasteiger partial charge in [-0.1, -0.05) is 11.6 Å². The molecule has 1 aromatic heterocycles. The summed E-state index contributed by atoms with van der Waals surface area (Å²) >= 11 is 8.84. The number of nitrogens with two attached hydrogens (primary N) is 1. The molecule has 104 valence electrons. The van der Waals surface area contributed by atoms with Crippen molar-refractivity contribution in [3.05, 3.63) is 51.3 Å². The van der Waals surface area contributed by atoms with Crippen LogP contribution in [0.15, 0.2) is 34.9 Å². The highest BCUT2D eigenvalue weighted by Gasteiger charge is 2.15. The monoisotopic (exact) mass is 358 g/mol. The van der Waals surface area contributed by atoms with Crippen molar-refractivity contribution in [1.82, 2.24) is 4.98 Å². The molecule has 2 rings (SSSR count). The van der Waals surface area contributed by atoms with Gasteiger partial charge in [-0.2, -0.15) is 0 Å². The third-order valence-electron chi connectivity index (χ3n) is 2.42. The molecule has 0 fully saturated rings. The predicted molar refractivity (Wildman–Crippen MR) is 79.1 cm³/mol. The number of carbonyl (C=O) groups excluding carboxylic acids is 1. The highest BCUT2D eigenvalue weighted by molar-refractivity contribution is 9.10. The molecule has 5 nitrogen and oxygen atoms in total. The van der Waals surface area contributed by atoms with E-state index >= 15 is 0 Å². The minimum absolute atomic E-state index is 0.0161. The van der Waals surface area contributed by atoms with Crippen LogP contribution in [0.25, 0.3) is 0 Å². The summed E-state index contributed by atoms with van der Waals surface area (Å²) in [7, 11) is 0. The lowest BCUT2D eigenvalue weighted by Crippen LogP contribution is -2.19. The molecule has 0 spiro atoms. The molecule has 0 aliphatic heterocycles. The molecule has 2 aromatic rings. The van der Waals surface area contributed by atoms with E-state index in [-0.39, 0.29) is 22.1 Å². The van der Waals surface area contributed by atoms with Gasteiger partial charge in [-0.3, -0.25) is 4.79 Å². The Bertz CT molecular complexity index is 668. The van der Waals surface area contributed by atoms with Gasteiger partial charge in [-0.15, -0.1) is 0 Å². The quantitative estimate of drug-likeness (QED) is 0.581. The van der Waals surface area contributed by atoms with Gasteiger partial charge in [0.15, 0.2) is 5.82 Å². The Morgan fingerprint density at radius 1 is 1.40 bits per heavy atom. The summed E-state index contributed by atoms with van der Waals surface area (Å²) in [4.78, 5) is 16.1. The highest BCUT2D eigenvalue weighted by atomic mass is 79.9. The fourth-order valence-corrected chi connectivity index (χ4v) is 2.00. The van der Waals surface area contributed by atoms with Gasteiger partial charge in [0.2, 0.25) is 0 Å². The first kappa shape index (κ1) is 14.7. The number of hydrazine groups is 1. The van der Waals surface area contributed by atoms with E-state index in [4.69, 9.17) is 17.4 Å². The second kappa shape index (κ2) is 6.17. The molecule has 0 bridgehead atoms. The number of nitrogens with zero attached hydrogens (tertiary/aromatic N) is 1. The van der Waals surface area contributed by atoms with Crippen molar-refractivity contribution < 1.29 is 9.18 Å². The zero-order chi connectivity index (χ0) is 14.7. The number of anilines is 2. The van der Waals surface area contributed by atoms with Crippen LogP contribution in [0.1, 0.15) is 10.4 Å². The molecule has 0 radical (unpaired) electrons. The summed E-state index contributed by atoms with van der Waals surface area (Å²) in [6, 6.07) is 5.47. The van der Waals surface area contributed by atoms with E-state index in [9.17, 15) is 9.18 Å². The Morgan fingerprint density at radius 2 is 2.15 bits per heavy atom. The summed E-state index contributed by atoms with van der Waals surface area (Å²) in [6.45, 7) is 0. The first-order valence-electron chi connectivity index (χ1n) is 5.40. The Morgan fingerprint density at radius 3 is 2.80 bits per heavy atom.